The van der Waals surface area contributed by atoms with Crippen molar-refractivity contribution in [3.63, 3.8) is 0 Å². The van der Waals surface area contributed by atoms with E-state index in [-0.39, 0.29) is 0 Å². The molecule has 2 rings (SSSR count). The third-order valence-corrected chi connectivity index (χ3v) is 2.47. The molecule has 0 aliphatic carbocycles. The Kier molecular flexibility index (Phi) is 3.63. The smallest absolute Gasteiger partial charge is 0.286 e. The molecular weight excluding hydrogens is 228 g/mol. The van der Waals surface area contributed by atoms with E-state index in [2.05, 4.69) is 4.89 Å². The van der Waals surface area contributed by atoms with Crippen LogP contribution in [0.25, 0.3) is 11.1 Å². The lowest BCUT2D eigenvalue weighted by atomic mass is 10.0. The average Bonchev–Trinajstić information content (AvgIpc) is 2.38. The molecule has 2 aromatic rings. The van der Waals surface area contributed by atoms with Crippen LogP contribution in [0.1, 0.15) is 12.5 Å². The summed E-state index contributed by atoms with van der Waals surface area (Å²) in [6, 6.07) is 15.5. The van der Waals surface area contributed by atoms with Crippen molar-refractivity contribution in [3.05, 3.63) is 54.1 Å². The molecule has 0 unspecified atom stereocenters. The normalized spacial score (nSPS) is 9.89. The first-order valence-electron chi connectivity index (χ1n) is 5.68. The van der Waals surface area contributed by atoms with Crippen molar-refractivity contribution in [2.75, 3.05) is 0 Å². The highest BCUT2D eigenvalue weighted by molar-refractivity contribution is 5.71. The van der Waals surface area contributed by atoms with Crippen molar-refractivity contribution < 1.29 is 14.6 Å². The maximum absolute atomic E-state index is 10.8. The molecule has 0 radical (unpaired) electrons. The molecule has 3 nitrogen and oxygen atoms in total. The van der Waals surface area contributed by atoms with Crippen molar-refractivity contribution in [1.29, 1.82) is 0 Å². The van der Waals surface area contributed by atoms with Crippen molar-refractivity contribution in [2.45, 2.75) is 13.8 Å². The lowest BCUT2D eigenvalue weighted by Crippen LogP contribution is -2.03. The van der Waals surface area contributed by atoms with Gasteiger partial charge in [0, 0.05) is 12.5 Å². The van der Waals surface area contributed by atoms with E-state index in [0.717, 1.165) is 16.7 Å². The summed E-state index contributed by atoms with van der Waals surface area (Å²) in [7, 11) is 0. The number of carbonyl (C=O) groups excluding carboxylic acids is 1. The number of carbonyl (C=O) groups is 1. The number of hydrogen-bond acceptors (Lipinski definition) is 3. The van der Waals surface area contributed by atoms with Crippen LogP contribution in [-0.4, -0.2) is 5.97 Å². The summed E-state index contributed by atoms with van der Waals surface area (Å²) in [5, 5.41) is 0. The molecule has 0 amide bonds. The van der Waals surface area contributed by atoms with Crippen LogP contribution in [0.15, 0.2) is 48.5 Å². The van der Waals surface area contributed by atoms with Crippen LogP contribution < -0.4 is 4.89 Å². The molecule has 92 valence electrons. The lowest BCUT2D eigenvalue weighted by Gasteiger charge is -2.09. The van der Waals surface area contributed by atoms with Gasteiger partial charge in [-0.15, -0.1) is 0 Å². The molecule has 0 fully saturated rings. The van der Waals surface area contributed by atoms with Gasteiger partial charge in [-0.2, -0.15) is 0 Å². The Bertz CT molecular complexity index is 547. The van der Waals surface area contributed by atoms with Crippen LogP contribution in [0.2, 0.25) is 0 Å². The Labute approximate surface area is 106 Å². The van der Waals surface area contributed by atoms with Crippen molar-refractivity contribution in [1.82, 2.24) is 0 Å². The largest absolute Gasteiger partial charge is 0.352 e. The fourth-order valence-electron chi connectivity index (χ4n) is 1.66. The fraction of sp³-hybridized carbons (Fsp3) is 0.133. The molecule has 0 spiro atoms. The van der Waals surface area contributed by atoms with Gasteiger partial charge in [0.1, 0.15) is 0 Å². The first-order chi connectivity index (χ1) is 8.66. The van der Waals surface area contributed by atoms with Crippen LogP contribution >= 0.6 is 0 Å². The SMILES string of the molecule is CC(=O)OOc1ccc(C)cc1-c1ccccc1. The summed E-state index contributed by atoms with van der Waals surface area (Å²) in [6.07, 6.45) is 0. The Morgan fingerprint density at radius 2 is 1.78 bits per heavy atom. The molecule has 0 saturated carbocycles. The van der Waals surface area contributed by atoms with Crippen molar-refractivity contribution in [3.8, 4) is 16.9 Å². The summed E-state index contributed by atoms with van der Waals surface area (Å²) in [6.45, 7) is 3.30. The van der Waals surface area contributed by atoms with E-state index < -0.39 is 5.97 Å². The van der Waals surface area contributed by atoms with Gasteiger partial charge in [-0.3, -0.25) is 9.78 Å². The summed E-state index contributed by atoms with van der Waals surface area (Å²) < 4.78 is 0. The van der Waals surface area contributed by atoms with E-state index in [4.69, 9.17) is 4.89 Å². The second kappa shape index (κ2) is 5.36. The fourth-order valence-corrected chi connectivity index (χ4v) is 1.66. The topological polar surface area (TPSA) is 35.5 Å². The molecule has 0 saturated heterocycles. The Morgan fingerprint density at radius 3 is 2.44 bits per heavy atom. The Balaban J connectivity index is 2.38. The van der Waals surface area contributed by atoms with Gasteiger partial charge in [-0.1, -0.05) is 42.0 Å². The molecular formula is C15H14O3. The van der Waals surface area contributed by atoms with E-state index >= 15 is 0 Å². The second-order valence-corrected chi connectivity index (χ2v) is 4.02. The van der Waals surface area contributed by atoms with Crippen LogP contribution in [0.3, 0.4) is 0 Å². The molecule has 3 heteroatoms. The third kappa shape index (κ3) is 2.88. The van der Waals surface area contributed by atoms with Gasteiger partial charge in [-0.05, 0) is 24.6 Å². The van der Waals surface area contributed by atoms with Crippen LogP contribution in [0.4, 0.5) is 0 Å². The third-order valence-electron chi connectivity index (χ3n) is 2.47. The van der Waals surface area contributed by atoms with Crippen LogP contribution in [0, 0.1) is 6.92 Å². The zero-order valence-electron chi connectivity index (χ0n) is 10.3. The van der Waals surface area contributed by atoms with E-state index in [1.165, 1.54) is 6.92 Å². The van der Waals surface area contributed by atoms with Gasteiger partial charge in [0.15, 0.2) is 5.75 Å². The van der Waals surface area contributed by atoms with E-state index in [1.54, 1.807) is 6.07 Å². The molecule has 0 aromatic heterocycles. The van der Waals surface area contributed by atoms with Crippen LogP contribution in [-0.2, 0) is 9.68 Å². The maximum Gasteiger partial charge on any atom is 0.352 e. The van der Waals surface area contributed by atoms with Gasteiger partial charge in [-0.25, -0.2) is 4.79 Å². The predicted octanol–water partition coefficient (Wildman–Crippen LogP) is 3.52. The highest BCUT2D eigenvalue weighted by atomic mass is 17.2. The van der Waals surface area contributed by atoms with Gasteiger partial charge < -0.3 is 0 Å². The molecule has 0 aliphatic rings. The molecule has 2 aromatic carbocycles. The number of aryl methyl sites for hydroxylation is 1. The van der Waals surface area contributed by atoms with Gasteiger partial charge in [0.2, 0.25) is 0 Å². The summed E-state index contributed by atoms with van der Waals surface area (Å²) in [5.74, 6) is 0.0524. The lowest BCUT2D eigenvalue weighted by molar-refractivity contribution is -0.210. The predicted molar refractivity (Wildman–Crippen MR) is 69.0 cm³/mol. The zero-order chi connectivity index (χ0) is 13.0. The molecule has 0 heterocycles. The minimum atomic E-state index is -0.477. The monoisotopic (exact) mass is 242 g/mol. The first-order valence-corrected chi connectivity index (χ1v) is 5.68. The second-order valence-electron chi connectivity index (χ2n) is 4.02. The standard InChI is InChI=1S/C15H14O3/c1-11-8-9-15(18-17-12(2)16)14(10-11)13-6-4-3-5-7-13/h3-10H,1-2H3. The highest BCUT2D eigenvalue weighted by Gasteiger charge is 2.08. The molecule has 0 bridgehead atoms. The van der Waals surface area contributed by atoms with Crippen molar-refractivity contribution >= 4 is 5.97 Å². The van der Waals surface area contributed by atoms with E-state index in [9.17, 15) is 4.79 Å². The molecule has 0 aliphatic heterocycles. The highest BCUT2D eigenvalue weighted by Crippen LogP contribution is 2.30. The number of benzene rings is 2. The Hall–Kier alpha value is -2.29. The Morgan fingerprint density at radius 1 is 1.06 bits per heavy atom. The zero-order valence-corrected chi connectivity index (χ0v) is 10.3. The average molecular weight is 242 g/mol. The summed E-state index contributed by atoms with van der Waals surface area (Å²) in [4.78, 5) is 20.4. The van der Waals surface area contributed by atoms with Crippen LogP contribution in [0.5, 0.6) is 5.75 Å². The van der Waals surface area contributed by atoms with Gasteiger partial charge in [0.05, 0.1) is 0 Å². The maximum atomic E-state index is 10.8. The molecule has 18 heavy (non-hydrogen) atoms. The minimum Gasteiger partial charge on any atom is -0.286 e. The van der Waals surface area contributed by atoms with Gasteiger partial charge >= 0.3 is 5.97 Å². The number of rotatable bonds is 3. The van der Waals surface area contributed by atoms with E-state index in [0.29, 0.717) is 5.75 Å². The minimum absolute atomic E-state index is 0.477. The van der Waals surface area contributed by atoms with Crippen molar-refractivity contribution in [2.24, 2.45) is 0 Å². The molecule has 0 atom stereocenters. The summed E-state index contributed by atoms with van der Waals surface area (Å²) in [5.41, 5.74) is 3.03. The van der Waals surface area contributed by atoms with Gasteiger partial charge in [0.25, 0.3) is 0 Å². The summed E-state index contributed by atoms with van der Waals surface area (Å²) >= 11 is 0. The number of hydrogen-bond donors (Lipinski definition) is 0. The first kappa shape index (κ1) is 12.2. The quantitative estimate of drug-likeness (QED) is 0.610. The van der Waals surface area contributed by atoms with E-state index in [1.807, 2.05) is 49.4 Å². The molecule has 0 N–H and O–H groups in total.